The zero-order chi connectivity index (χ0) is 12.0. The summed E-state index contributed by atoms with van der Waals surface area (Å²) in [7, 11) is 2.21. The van der Waals surface area contributed by atoms with Crippen molar-refractivity contribution in [2.75, 3.05) is 39.8 Å². The minimum Gasteiger partial charge on any atom is -0.377 e. The summed E-state index contributed by atoms with van der Waals surface area (Å²) in [6.07, 6.45) is 2.96. The number of hydrogen-bond donors (Lipinski definition) is 1. The monoisotopic (exact) mass is 228 g/mol. The van der Waals surface area contributed by atoms with Crippen LogP contribution in [0.5, 0.6) is 0 Å². The summed E-state index contributed by atoms with van der Waals surface area (Å²) in [5, 5.41) is 3.52. The third-order valence-electron chi connectivity index (χ3n) is 3.48. The van der Waals surface area contributed by atoms with E-state index in [1.54, 1.807) is 0 Å². The number of nitrogens with zero attached hydrogens (tertiary/aromatic N) is 1. The molecule has 1 rings (SSSR count). The Kier molecular flexibility index (Phi) is 5.73. The number of ether oxygens (including phenoxy) is 1. The quantitative estimate of drug-likeness (QED) is 0.701. The van der Waals surface area contributed by atoms with Gasteiger partial charge in [0.05, 0.1) is 12.7 Å². The molecule has 3 nitrogen and oxygen atoms in total. The third kappa shape index (κ3) is 5.28. The maximum Gasteiger partial charge on any atom is 0.0594 e. The second-order valence-corrected chi connectivity index (χ2v) is 5.71. The molecule has 0 unspecified atom stereocenters. The molecule has 16 heavy (non-hydrogen) atoms. The minimum absolute atomic E-state index is 0.348. The van der Waals surface area contributed by atoms with Crippen LogP contribution in [0.25, 0.3) is 0 Å². The van der Waals surface area contributed by atoms with Crippen molar-refractivity contribution in [3.8, 4) is 0 Å². The third-order valence-corrected chi connectivity index (χ3v) is 3.48. The minimum atomic E-state index is 0.348. The van der Waals surface area contributed by atoms with Crippen molar-refractivity contribution in [2.45, 2.75) is 39.7 Å². The van der Waals surface area contributed by atoms with Gasteiger partial charge in [-0.25, -0.2) is 0 Å². The fourth-order valence-electron chi connectivity index (χ4n) is 2.09. The van der Waals surface area contributed by atoms with Crippen LogP contribution in [0.1, 0.15) is 33.6 Å². The predicted molar refractivity (Wildman–Crippen MR) is 68.8 cm³/mol. The van der Waals surface area contributed by atoms with E-state index in [-0.39, 0.29) is 0 Å². The zero-order valence-corrected chi connectivity index (χ0v) is 11.4. The van der Waals surface area contributed by atoms with Gasteiger partial charge in [0.1, 0.15) is 0 Å². The summed E-state index contributed by atoms with van der Waals surface area (Å²) in [6, 6.07) is 0. The van der Waals surface area contributed by atoms with Gasteiger partial charge in [0.2, 0.25) is 0 Å². The van der Waals surface area contributed by atoms with Crippen LogP contribution < -0.4 is 5.32 Å². The second-order valence-electron chi connectivity index (χ2n) is 5.71. The molecular weight excluding hydrogens is 200 g/mol. The molecule has 0 aromatic carbocycles. The molecule has 1 saturated heterocycles. The molecule has 0 aromatic heterocycles. The fourth-order valence-corrected chi connectivity index (χ4v) is 2.09. The van der Waals surface area contributed by atoms with E-state index in [0.29, 0.717) is 11.5 Å². The Hall–Kier alpha value is -0.120. The molecular formula is C13H28N2O. The number of piperidine rings is 1. The summed E-state index contributed by atoms with van der Waals surface area (Å²) in [6.45, 7) is 12.0. The summed E-state index contributed by atoms with van der Waals surface area (Å²) in [4.78, 5) is 2.42. The van der Waals surface area contributed by atoms with Crippen LogP contribution in [0, 0.1) is 5.41 Å². The van der Waals surface area contributed by atoms with Gasteiger partial charge in [-0.3, -0.25) is 0 Å². The summed E-state index contributed by atoms with van der Waals surface area (Å²) in [5.41, 5.74) is 0.490. The van der Waals surface area contributed by atoms with Crippen molar-refractivity contribution in [2.24, 2.45) is 5.41 Å². The van der Waals surface area contributed by atoms with Crippen LogP contribution in [-0.2, 0) is 4.74 Å². The molecule has 1 heterocycles. The van der Waals surface area contributed by atoms with Crippen LogP contribution in [0.15, 0.2) is 0 Å². The van der Waals surface area contributed by atoms with E-state index in [1.165, 1.54) is 25.9 Å². The van der Waals surface area contributed by atoms with Gasteiger partial charge in [0, 0.05) is 13.1 Å². The normalized spacial score (nSPS) is 21.6. The topological polar surface area (TPSA) is 24.5 Å². The SMILES string of the molecule is CC(C)OCCNCC1(C)CCN(C)CC1. The average molecular weight is 228 g/mol. The maximum atomic E-state index is 5.51. The summed E-state index contributed by atoms with van der Waals surface area (Å²) in [5.74, 6) is 0. The number of rotatable bonds is 6. The molecule has 0 atom stereocenters. The van der Waals surface area contributed by atoms with Crippen LogP contribution in [0.3, 0.4) is 0 Å². The molecule has 1 aliphatic rings. The molecule has 0 saturated carbocycles. The van der Waals surface area contributed by atoms with Crippen molar-refractivity contribution in [1.29, 1.82) is 0 Å². The highest BCUT2D eigenvalue weighted by atomic mass is 16.5. The van der Waals surface area contributed by atoms with E-state index < -0.39 is 0 Å². The molecule has 3 heteroatoms. The largest absolute Gasteiger partial charge is 0.377 e. The van der Waals surface area contributed by atoms with Gasteiger partial charge < -0.3 is 15.0 Å². The smallest absolute Gasteiger partial charge is 0.0594 e. The molecule has 0 aliphatic carbocycles. The fraction of sp³-hybridized carbons (Fsp3) is 1.00. The molecule has 1 fully saturated rings. The van der Waals surface area contributed by atoms with Gasteiger partial charge in [-0.2, -0.15) is 0 Å². The number of nitrogens with one attached hydrogen (secondary N) is 1. The lowest BCUT2D eigenvalue weighted by atomic mass is 9.80. The van der Waals surface area contributed by atoms with Crippen LogP contribution in [0.2, 0.25) is 0 Å². The molecule has 96 valence electrons. The van der Waals surface area contributed by atoms with Crippen molar-refractivity contribution in [3.63, 3.8) is 0 Å². The lowest BCUT2D eigenvalue weighted by Gasteiger charge is -2.38. The number of likely N-dealkylation sites (tertiary alicyclic amines) is 1. The Balaban J connectivity index is 2.07. The Bertz CT molecular complexity index is 186. The van der Waals surface area contributed by atoms with Gasteiger partial charge in [-0.1, -0.05) is 6.92 Å². The molecule has 0 amide bonds. The number of hydrogen-bond acceptors (Lipinski definition) is 3. The van der Waals surface area contributed by atoms with Crippen molar-refractivity contribution in [3.05, 3.63) is 0 Å². The van der Waals surface area contributed by atoms with E-state index in [1.807, 2.05) is 0 Å². The van der Waals surface area contributed by atoms with E-state index in [4.69, 9.17) is 4.74 Å². The van der Waals surface area contributed by atoms with Crippen molar-refractivity contribution < 1.29 is 4.74 Å². The standard InChI is InChI=1S/C13H28N2O/c1-12(2)16-10-7-14-11-13(3)5-8-15(4)9-6-13/h12,14H,5-11H2,1-4H3. The van der Waals surface area contributed by atoms with Gasteiger partial charge in [0.25, 0.3) is 0 Å². The molecule has 1 N–H and O–H groups in total. The Morgan fingerprint density at radius 1 is 1.31 bits per heavy atom. The zero-order valence-electron chi connectivity index (χ0n) is 11.4. The molecule has 0 spiro atoms. The lowest BCUT2D eigenvalue weighted by molar-refractivity contribution is 0.0762. The Morgan fingerprint density at radius 2 is 1.94 bits per heavy atom. The van der Waals surface area contributed by atoms with Gasteiger partial charge >= 0.3 is 0 Å². The molecule has 1 aliphatic heterocycles. The molecule has 0 aromatic rings. The van der Waals surface area contributed by atoms with Crippen molar-refractivity contribution >= 4 is 0 Å². The maximum absolute atomic E-state index is 5.51. The Labute approximate surface area is 101 Å². The highest BCUT2D eigenvalue weighted by Gasteiger charge is 2.27. The first-order valence-electron chi connectivity index (χ1n) is 6.53. The van der Waals surface area contributed by atoms with E-state index in [0.717, 1.165) is 19.7 Å². The van der Waals surface area contributed by atoms with E-state index >= 15 is 0 Å². The van der Waals surface area contributed by atoms with E-state index in [9.17, 15) is 0 Å². The molecule has 0 bridgehead atoms. The molecule has 0 radical (unpaired) electrons. The van der Waals surface area contributed by atoms with Gasteiger partial charge in [0.15, 0.2) is 0 Å². The first-order valence-corrected chi connectivity index (χ1v) is 6.53. The summed E-state index contributed by atoms with van der Waals surface area (Å²) < 4.78 is 5.51. The van der Waals surface area contributed by atoms with Crippen LogP contribution in [-0.4, -0.2) is 50.8 Å². The van der Waals surface area contributed by atoms with Gasteiger partial charge in [-0.05, 0) is 52.2 Å². The summed E-state index contributed by atoms with van der Waals surface area (Å²) >= 11 is 0. The average Bonchev–Trinajstić information content (AvgIpc) is 2.22. The highest BCUT2D eigenvalue weighted by Crippen LogP contribution is 2.29. The van der Waals surface area contributed by atoms with Gasteiger partial charge in [-0.15, -0.1) is 0 Å². The predicted octanol–water partition coefficient (Wildman–Crippen LogP) is 1.73. The highest BCUT2D eigenvalue weighted by molar-refractivity contribution is 4.83. The van der Waals surface area contributed by atoms with Crippen molar-refractivity contribution in [1.82, 2.24) is 10.2 Å². The Morgan fingerprint density at radius 3 is 2.50 bits per heavy atom. The second kappa shape index (κ2) is 6.58. The first kappa shape index (κ1) is 13.9. The van der Waals surface area contributed by atoms with Crippen LogP contribution >= 0.6 is 0 Å². The van der Waals surface area contributed by atoms with E-state index in [2.05, 4.69) is 38.0 Å². The first-order chi connectivity index (χ1) is 7.52. The lowest BCUT2D eigenvalue weighted by Crippen LogP contribution is -2.42. The van der Waals surface area contributed by atoms with Crippen LogP contribution in [0.4, 0.5) is 0 Å².